The fourth-order valence-corrected chi connectivity index (χ4v) is 3.97. The molecule has 0 unspecified atom stereocenters. The zero-order valence-electron chi connectivity index (χ0n) is 12.2. The van der Waals surface area contributed by atoms with Crippen molar-refractivity contribution < 1.29 is 4.79 Å². The number of urea groups is 1. The maximum atomic E-state index is 11.6. The summed E-state index contributed by atoms with van der Waals surface area (Å²) in [5, 5.41) is 6.19. The van der Waals surface area contributed by atoms with Crippen LogP contribution in [0.4, 0.5) is 4.79 Å². The quantitative estimate of drug-likeness (QED) is 0.943. The molecule has 0 saturated carbocycles. The van der Waals surface area contributed by atoms with Gasteiger partial charge in [-0.15, -0.1) is 11.3 Å². The van der Waals surface area contributed by atoms with Gasteiger partial charge in [-0.2, -0.15) is 0 Å². The molecule has 2 aliphatic heterocycles. The highest BCUT2D eigenvalue weighted by molar-refractivity contribution is 7.09. The number of carbonyl (C=O) groups is 1. The highest BCUT2D eigenvalue weighted by atomic mass is 32.1. The predicted molar refractivity (Wildman–Crippen MR) is 86.7 cm³/mol. The van der Waals surface area contributed by atoms with Crippen molar-refractivity contribution in [2.75, 3.05) is 26.2 Å². The van der Waals surface area contributed by atoms with Gasteiger partial charge >= 0.3 is 6.03 Å². The SMILES string of the molecule is O=C1NC[C@@H]2CN(Cc3nc(-c4ccccc4)cs3)CCN12. The van der Waals surface area contributed by atoms with Crippen molar-refractivity contribution >= 4 is 17.4 Å². The molecule has 2 aliphatic rings. The average molecular weight is 314 g/mol. The number of benzene rings is 1. The Balaban J connectivity index is 1.42. The summed E-state index contributed by atoms with van der Waals surface area (Å²) in [5.74, 6) is 0. The van der Waals surface area contributed by atoms with Gasteiger partial charge in [-0.05, 0) is 0 Å². The Morgan fingerprint density at radius 1 is 1.27 bits per heavy atom. The highest BCUT2D eigenvalue weighted by Gasteiger charge is 2.35. The van der Waals surface area contributed by atoms with Gasteiger partial charge in [0, 0.05) is 37.1 Å². The van der Waals surface area contributed by atoms with Crippen LogP contribution in [0.2, 0.25) is 0 Å². The number of nitrogens with one attached hydrogen (secondary N) is 1. The minimum atomic E-state index is 0.0882. The molecule has 4 rings (SSSR count). The molecule has 0 bridgehead atoms. The lowest BCUT2D eigenvalue weighted by molar-refractivity contribution is 0.116. The Kier molecular flexibility index (Phi) is 3.56. The molecular formula is C16H18N4OS. The summed E-state index contributed by atoms with van der Waals surface area (Å²) < 4.78 is 0. The van der Waals surface area contributed by atoms with Crippen molar-refractivity contribution in [3.05, 3.63) is 40.7 Å². The van der Waals surface area contributed by atoms with Crippen molar-refractivity contribution in [1.29, 1.82) is 0 Å². The molecule has 114 valence electrons. The Bertz CT molecular complexity index is 672. The molecule has 3 heterocycles. The van der Waals surface area contributed by atoms with Crippen LogP contribution in [0.3, 0.4) is 0 Å². The minimum absolute atomic E-state index is 0.0882. The molecule has 1 aromatic heterocycles. The molecule has 2 fully saturated rings. The Hall–Kier alpha value is -1.92. The van der Waals surface area contributed by atoms with Crippen molar-refractivity contribution in [2.45, 2.75) is 12.6 Å². The summed E-state index contributed by atoms with van der Waals surface area (Å²) in [5.41, 5.74) is 2.22. The Labute approximate surface area is 133 Å². The molecule has 2 amide bonds. The number of rotatable bonds is 3. The van der Waals surface area contributed by atoms with Crippen LogP contribution in [0.25, 0.3) is 11.3 Å². The third-order valence-electron chi connectivity index (χ3n) is 4.30. The van der Waals surface area contributed by atoms with E-state index in [2.05, 4.69) is 27.7 Å². The fraction of sp³-hybridized carbons (Fsp3) is 0.375. The molecule has 1 atom stereocenters. The molecule has 0 aliphatic carbocycles. The number of fused-ring (bicyclic) bond motifs is 1. The average Bonchev–Trinajstić information content (AvgIpc) is 3.16. The van der Waals surface area contributed by atoms with Crippen LogP contribution in [0.1, 0.15) is 5.01 Å². The van der Waals surface area contributed by atoms with E-state index in [0.29, 0.717) is 6.04 Å². The standard InChI is InChI=1S/C16H18N4OS/c21-16-17-8-13-9-19(6-7-20(13)16)10-15-18-14(11-22-15)12-4-2-1-3-5-12/h1-5,11,13H,6-10H2,(H,17,21)/t13-/m1/s1. The van der Waals surface area contributed by atoms with Crippen molar-refractivity contribution in [1.82, 2.24) is 20.1 Å². The summed E-state index contributed by atoms with van der Waals surface area (Å²) in [7, 11) is 0. The van der Waals surface area contributed by atoms with Gasteiger partial charge in [-0.25, -0.2) is 9.78 Å². The van der Waals surface area contributed by atoms with Crippen LogP contribution in [0.5, 0.6) is 0 Å². The molecule has 1 aromatic carbocycles. The third-order valence-corrected chi connectivity index (χ3v) is 5.13. The molecule has 2 aromatic rings. The zero-order valence-corrected chi connectivity index (χ0v) is 13.1. The lowest BCUT2D eigenvalue weighted by atomic mass is 10.2. The monoisotopic (exact) mass is 314 g/mol. The molecule has 1 N–H and O–H groups in total. The van der Waals surface area contributed by atoms with Crippen LogP contribution < -0.4 is 5.32 Å². The lowest BCUT2D eigenvalue weighted by Gasteiger charge is -2.35. The Morgan fingerprint density at radius 2 is 2.14 bits per heavy atom. The molecule has 6 heteroatoms. The number of piperazine rings is 1. The first-order valence-corrected chi connectivity index (χ1v) is 8.44. The second-order valence-electron chi connectivity index (χ2n) is 5.76. The summed E-state index contributed by atoms with van der Waals surface area (Å²) in [4.78, 5) is 20.7. The van der Waals surface area contributed by atoms with Crippen molar-refractivity contribution in [3.8, 4) is 11.3 Å². The number of amides is 2. The number of hydrogen-bond acceptors (Lipinski definition) is 4. The van der Waals surface area contributed by atoms with Gasteiger partial charge in [0.1, 0.15) is 5.01 Å². The maximum absolute atomic E-state index is 11.6. The van der Waals surface area contributed by atoms with E-state index in [4.69, 9.17) is 4.98 Å². The van der Waals surface area contributed by atoms with Gasteiger partial charge in [0.15, 0.2) is 0 Å². The maximum Gasteiger partial charge on any atom is 0.317 e. The number of aromatic nitrogens is 1. The van der Waals surface area contributed by atoms with Gasteiger partial charge in [0.2, 0.25) is 0 Å². The highest BCUT2D eigenvalue weighted by Crippen LogP contribution is 2.23. The van der Waals surface area contributed by atoms with E-state index >= 15 is 0 Å². The number of carbonyl (C=O) groups excluding carboxylic acids is 1. The lowest BCUT2D eigenvalue weighted by Crippen LogP contribution is -2.51. The van der Waals surface area contributed by atoms with Crippen molar-refractivity contribution in [3.63, 3.8) is 0 Å². The van der Waals surface area contributed by atoms with E-state index in [1.165, 1.54) is 5.56 Å². The number of nitrogens with zero attached hydrogens (tertiary/aromatic N) is 3. The summed E-state index contributed by atoms with van der Waals surface area (Å²) in [6.45, 7) is 4.30. The molecule has 0 spiro atoms. The van der Waals surface area contributed by atoms with E-state index in [1.807, 2.05) is 23.1 Å². The van der Waals surface area contributed by atoms with Crippen LogP contribution >= 0.6 is 11.3 Å². The first kappa shape index (κ1) is 13.7. The topological polar surface area (TPSA) is 48.5 Å². The van der Waals surface area contributed by atoms with E-state index in [0.717, 1.165) is 43.4 Å². The summed E-state index contributed by atoms with van der Waals surface area (Å²) in [6, 6.07) is 10.7. The fourth-order valence-electron chi connectivity index (χ4n) is 3.13. The summed E-state index contributed by atoms with van der Waals surface area (Å²) >= 11 is 1.71. The van der Waals surface area contributed by atoms with Gasteiger partial charge < -0.3 is 10.2 Å². The molecule has 22 heavy (non-hydrogen) atoms. The van der Waals surface area contributed by atoms with E-state index in [-0.39, 0.29) is 6.03 Å². The largest absolute Gasteiger partial charge is 0.336 e. The third kappa shape index (κ3) is 2.60. The van der Waals surface area contributed by atoms with Crippen LogP contribution in [0.15, 0.2) is 35.7 Å². The molecule has 0 radical (unpaired) electrons. The van der Waals surface area contributed by atoms with Gasteiger partial charge in [-0.1, -0.05) is 30.3 Å². The predicted octanol–water partition coefficient (Wildman–Crippen LogP) is 2.02. The van der Waals surface area contributed by atoms with E-state index < -0.39 is 0 Å². The first-order chi connectivity index (χ1) is 10.8. The Morgan fingerprint density at radius 3 is 3.00 bits per heavy atom. The van der Waals surface area contributed by atoms with Crippen LogP contribution in [-0.2, 0) is 6.54 Å². The van der Waals surface area contributed by atoms with Gasteiger partial charge in [-0.3, -0.25) is 4.90 Å². The van der Waals surface area contributed by atoms with E-state index in [9.17, 15) is 4.79 Å². The number of thiazole rings is 1. The number of hydrogen-bond donors (Lipinski definition) is 1. The normalized spacial score (nSPS) is 21.7. The minimum Gasteiger partial charge on any atom is -0.336 e. The zero-order chi connectivity index (χ0) is 14.9. The van der Waals surface area contributed by atoms with E-state index in [1.54, 1.807) is 11.3 Å². The molecule has 5 nitrogen and oxygen atoms in total. The van der Waals surface area contributed by atoms with Gasteiger partial charge in [0.05, 0.1) is 18.3 Å². The van der Waals surface area contributed by atoms with Crippen LogP contribution in [-0.4, -0.2) is 53.0 Å². The van der Waals surface area contributed by atoms with Gasteiger partial charge in [0.25, 0.3) is 0 Å². The van der Waals surface area contributed by atoms with Crippen molar-refractivity contribution in [2.24, 2.45) is 0 Å². The second-order valence-corrected chi connectivity index (χ2v) is 6.70. The second kappa shape index (κ2) is 5.70. The first-order valence-electron chi connectivity index (χ1n) is 7.56. The van der Waals surface area contributed by atoms with Crippen LogP contribution in [0, 0.1) is 0 Å². The smallest absolute Gasteiger partial charge is 0.317 e. The molecule has 2 saturated heterocycles. The molecular weight excluding hydrogens is 296 g/mol. The summed E-state index contributed by atoms with van der Waals surface area (Å²) in [6.07, 6.45) is 0.